The summed E-state index contributed by atoms with van der Waals surface area (Å²) < 4.78 is 8.97. The first kappa shape index (κ1) is 19.3. The lowest BCUT2D eigenvalue weighted by atomic mass is 10.1. The highest BCUT2D eigenvalue weighted by Crippen LogP contribution is 2.22. The maximum atomic E-state index is 12.9. The van der Waals surface area contributed by atoms with Gasteiger partial charge >= 0.3 is 0 Å². The lowest BCUT2D eigenvalue weighted by Gasteiger charge is -2.07. The second-order valence-corrected chi connectivity index (χ2v) is 7.32. The number of benzene rings is 2. The molecule has 2 heterocycles. The fourth-order valence-electron chi connectivity index (χ4n) is 3.16. The van der Waals surface area contributed by atoms with Gasteiger partial charge in [0.2, 0.25) is 0 Å². The summed E-state index contributed by atoms with van der Waals surface area (Å²) >= 11 is 6.24. The minimum atomic E-state index is -0.106. The normalized spacial score (nSPS) is 11.1. The molecule has 0 unspecified atom stereocenters. The molecule has 4 rings (SSSR count). The Bertz CT molecular complexity index is 1180. The van der Waals surface area contributed by atoms with Gasteiger partial charge in [-0.1, -0.05) is 43.1 Å². The van der Waals surface area contributed by atoms with Crippen LogP contribution in [0.1, 0.15) is 25.3 Å². The third-order valence-corrected chi connectivity index (χ3v) is 5.19. The van der Waals surface area contributed by atoms with Crippen molar-refractivity contribution in [1.82, 2.24) is 14.2 Å². The number of unbranched alkanes of at least 4 members (excludes halogenated alkanes) is 1. The van der Waals surface area contributed by atoms with Gasteiger partial charge in [0.15, 0.2) is 0 Å². The van der Waals surface area contributed by atoms with Crippen molar-refractivity contribution in [2.75, 3.05) is 6.61 Å². The van der Waals surface area contributed by atoms with E-state index in [9.17, 15) is 4.79 Å². The number of rotatable bonds is 7. The summed E-state index contributed by atoms with van der Waals surface area (Å²) in [4.78, 5) is 12.9. The Morgan fingerprint density at radius 1 is 1.07 bits per heavy atom. The third-order valence-electron chi connectivity index (χ3n) is 4.82. The molecule has 0 saturated carbocycles. The van der Waals surface area contributed by atoms with Crippen molar-refractivity contribution in [2.45, 2.75) is 26.3 Å². The first-order chi connectivity index (χ1) is 14.2. The van der Waals surface area contributed by atoms with Gasteiger partial charge in [-0.05, 0) is 48.4 Å². The molecule has 148 valence electrons. The van der Waals surface area contributed by atoms with E-state index in [0.29, 0.717) is 17.1 Å². The first-order valence-corrected chi connectivity index (χ1v) is 10.1. The second kappa shape index (κ2) is 8.53. The lowest BCUT2D eigenvalue weighted by molar-refractivity contribution is 0.309. The van der Waals surface area contributed by atoms with Gasteiger partial charge in [-0.3, -0.25) is 4.79 Å². The molecule has 0 radical (unpaired) electrons. The molecule has 6 heteroatoms. The van der Waals surface area contributed by atoms with Crippen LogP contribution in [0.4, 0.5) is 0 Å². The van der Waals surface area contributed by atoms with E-state index in [2.05, 4.69) is 12.0 Å². The van der Waals surface area contributed by atoms with Crippen molar-refractivity contribution >= 4 is 17.1 Å². The van der Waals surface area contributed by atoms with E-state index in [1.165, 1.54) is 0 Å². The van der Waals surface area contributed by atoms with Crippen LogP contribution in [-0.2, 0) is 6.54 Å². The average Bonchev–Trinajstić information content (AvgIpc) is 3.18. The minimum Gasteiger partial charge on any atom is -0.494 e. The molecule has 0 saturated heterocycles. The average molecular weight is 408 g/mol. The van der Waals surface area contributed by atoms with E-state index in [0.717, 1.165) is 42.0 Å². The van der Waals surface area contributed by atoms with Crippen molar-refractivity contribution in [2.24, 2.45) is 0 Å². The fraction of sp³-hybridized carbons (Fsp3) is 0.217. The quantitative estimate of drug-likeness (QED) is 0.403. The predicted molar refractivity (Wildman–Crippen MR) is 116 cm³/mol. The Morgan fingerprint density at radius 2 is 1.86 bits per heavy atom. The van der Waals surface area contributed by atoms with E-state index < -0.39 is 0 Å². The zero-order chi connectivity index (χ0) is 20.2. The Morgan fingerprint density at radius 3 is 2.62 bits per heavy atom. The number of fused-ring (bicyclic) bond motifs is 1. The number of aromatic nitrogens is 3. The molecular formula is C23H22ClN3O2. The van der Waals surface area contributed by atoms with E-state index in [-0.39, 0.29) is 5.56 Å². The summed E-state index contributed by atoms with van der Waals surface area (Å²) in [7, 11) is 0. The summed E-state index contributed by atoms with van der Waals surface area (Å²) in [5.41, 5.74) is 3.01. The van der Waals surface area contributed by atoms with E-state index in [1.54, 1.807) is 21.5 Å². The van der Waals surface area contributed by atoms with Gasteiger partial charge in [-0.25, -0.2) is 4.52 Å². The molecule has 2 aromatic heterocycles. The third kappa shape index (κ3) is 4.20. The summed E-state index contributed by atoms with van der Waals surface area (Å²) in [6, 6.07) is 17.2. The smallest absolute Gasteiger partial charge is 0.276 e. The molecule has 0 aliphatic heterocycles. The monoisotopic (exact) mass is 407 g/mol. The molecule has 2 aromatic carbocycles. The van der Waals surface area contributed by atoms with Crippen LogP contribution in [0.5, 0.6) is 5.75 Å². The van der Waals surface area contributed by atoms with Gasteiger partial charge in [-0.2, -0.15) is 5.10 Å². The topological polar surface area (TPSA) is 48.5 Å². The Hall–Kier alpha value is -3.05. The van der Waals surface area contributed by atoms with E-state index in [1.807, 2.05) is 54.6 Å². The molecule has 0 spiro atoms. The molecule has 0 aliphatic rings. The van der Waals surface area contributed by atoms with Crippen LogP contribution < -0.4 is 10.3 Å². The summed E-state index contributed by atoms with van der Waals surface area (Å²) in [6.45, 7) is 3.27. The highest BCUT2D eigenvalue weighted by molar-refractivity contribution is 6.31. The Balaban J connectivity index is 1.60. The number of hydrogen-bond donors (Lipinski definition) is 0. The maximum Gasteiger partial charge on any atom is 0.276 e. The van der Waals surface area contributed by atoms with Gasteiger partial charge in [0.05, 0.1) is 18.8 Å². The maximum absolute atomic E-state index is 12.9. The summed E-state index contributed by atoms with van der Waals surface area (Å²) in [6.07, 6.45) is 5.67. The van der Waals surface area contributed by atoms with Crippen molar-refractivity contribution < 1.29 is 4.74 Å². The predicted octanol–water partition coefficient (Wildman–Crippen LogP) is 5.04. The van der Waals surface area contributed by atoms with Crippen LogP contribution in [0.15, 0.2) is 71.8 Å². The highest BCUT2D eigenvalue weighted by Gasteiger charge is 2.10. The Kier molecular flexibility index (Phi) is 5.67. The van der Waals surface area contributed by atoms with Gasteiger partial charge in [0.1, 0.15) is 11.3 Å². The molecule has 0 aliphatic carbocycles. The highest BCUT2D eigenvalue weighted by atomic mass is 35.5. The van der Waals surface area contributed by atoms with Gasteiger partial charge in [-0.15, -0.1) is 0 Å². The van der Waals surface area contributed by atoms with E-state index >= 15 is 0 Å². The van der Waals surface area contributed by atoms with Crippen LogP contribution in [0.3, 0.4) is 0 Å². The second-order valence-electron chi connectivity index (χ2n) is 6.91. The van der Waals surface area contributed by atoms with Gasteiger partial charge in [0, 0.05) is 23.0 Å². The number of nitrogens with zero attached hydrogens (tertiary/aromatic N) is 3. The van der Waals surface area contributed by atoms with Crippen LogP contribution in [0, 0.1) is 0 Å². The van der Waals surface area contributed by atoms with E-state index in [4.69, 9.17) is 16.3 Å². The zero-order valence-electron chi connectivity index (χ0n) is 16.2. The largest absolute Gasteiger partial charge is 0.494 e. The van der Waals surface area contributed by atoms with Crippen LogP contribution >= 0.6 is 11.6 Å². The Labute approximate surface area is 174 Å². The SMILES string of the molecule is CCCCOc1ccc(-c2cc3c(=O)n(Cc4ccccc4Cl)ccn3n2)cc1. The number of hydrogen-bond acceptors (Lipinski definition) is 3. The van der Waals surface area contributed by atoms with Crippen molar-refractivity contribution in [3.63, 3.8) is 0 Å². The molecule has 0 fully saturated rings. The molecule has 0 atom stereocenters. The molecule has 0 bridgehead atoms. The number of halogens is 1. The van der Waals surface area contributed by atoms with Crippen LogP contribution in [-0.4, -0.2) is 20.8 Å². The molecule has 0 N–H and O–H groups in total. The summed E-state index contributed by atoms with van der Waals surface area (Å²) in [5, 5.41) is 5.20. The van der Waals surface area contributed by atoms with Crippen LogP contribution in [0.25, 0.3) is 16.8 Å². The van der Waals surface area contributed by atoms with Crippen molar-refractivity contribution in [1.29, 1.82) is 0 Å². The molecule has 4 aromatic rings. The lowest BCUT2D eigenvalue weighted by Crippen LogP contribution is -2.21. The molecule has 5 nitrogen and oxygen atoms in total. The zero-order valence-corrected chi connectivity index (χ0v) is 17.0. The van der Waals surface area contributed by atoms with Crippen molar-refractivity contribution in [3.8, 4) is 17.0 Å². The van der Waals surface area contributed by atoms with Gasteiger partial charge < -0.3 is 9.30 Å². The molecule has 29 heavy (non-hydrogen) atoms. The van der Waals surface area contributed by atoms with Gasteiger partial charge in [0.25, 0.3) is 5.56 Å². The molecule has 0 amide bonds. The number of ether oxygens (including phenoxy) is 1. The molecular weight excluding hydrogens is 386 g/mol. The van der Waals surface area contributed by atoms with Crippen LogP contribution in [0.2, 0.25) is 5.02 Å². The van der Waals surface area contributed by atoms with Crippen molar-refractivity contribution in [3.05, 3.63) is 87.9 Å². The minimum absolute atomic E-state index is 0.106. The fourth-order valence-corrected chi connectivity index (χ4v) is 3.35. The standard InChI is InChI=1S/C23H22ClN3O2/c1-2-3-14-29-19-10-8-17(9-11-19)21-15-22-23(28)26(12-13-27(22)25-21)16-18-6-4-5-7-20(18)24/h4-13,15H,2-3,14,16H2,1H3. The first-order valence-electron chi connectivity index (χ1n) is 9.71. The summed E-state index contributed by atoms with van der Waals surface area (Å²) in [5.74, 6) is 0.841.